The molecule has 0 aromatic heterocycles. The van der Waals surface area contributed by atoms with Gasteiger partial charge in [-0.25, -0.2) is 0 Å². The Bertz CT molecular complexity index is 456. The van der Waals surface area contributed by atoms with Crippen molar-refractivity contribution in [2.24, 2.45) is 11.1 Å². The zero-order valence-electron chi connectivity index (χ0n) is 12.7. The van der Waals surface area contributed by atoms with E-state index in [1.807, 2.05) is 26.0 Å². The molecule has 1 unspecified atom stereocenters. The molecule has 1 atom stereocenters. The zero-order chi connectivity index (χ0) is 15.2. The lowest BCUT2D eigenvalue weighted by Gasteiger charge is -2.25. The molecule has 3 N–H and O–H groups in total. The van der Waals surface area contributed by atoms with Crippen molar-refractivity contribution in [3.63, 3.8) is 0 Å². The van der Waals surface area contributed by atoms with E-state index in [1.54, 1.807) is 20.3 Å². The van der Waals surface area contributed by atoms with E-state index in [0.29, 0.717) is 25.3 Å². The van der Waals surface area contributed by atoms with Gasteiger partial charge < -0.3 is 20.5 Å². The Balaban J connectivity index is 2.77. The molecule has 0 saturated heterocycles. The van der Waals surface area contributed by atoms with Gasteiger partial charge in [0.25, 0.3) is 0 Å². The van der Waals surface area contributed by atoms with Crippen LogP contribution in [0, 0.1) is 5.41 Å². The fraction of sp³-hybridized carbons (Fsp3) is 0.533. The van der Waals surface area contributed by atoms with Crippen LogP contribution in [-0.4, -0.2) is 26.7 Å². The van der Waals surface area contributed by atoms with Gasteiger partial charge in [-0.1, -0.05) is 6.92 Å². The molecule has 0 bridgehead atoms. The first-order chi connectivity index (χ1) is 9.50. The van der Waals surface area contributed by atoms with E-state index in [1.165, 1.54) is 0 Å². The quantitative estimate of drug-likeness (QED) is 0.797. The van der Waals surface area contributed by atoms with Gasteiger partial charge in [0.2, 0.25) is 5.91 Å². The van der Waals surface area contributed by atoms with Gasteiger partial charge in [-0.3, -0.25) is 4.79 Å². The smallest absolute Gasteiger partial charge is 0.227 e. The van der Waals surface area contributed by atoms with E-state index in [-0.39, 0.29) is 5.91 Å². The molecule has 1 rings (SSSR count). The second-order valence-electron chi connectivity index (χ2n) is 4.98. The Morgan fingerprint density at radius 1 is 1.35 bits per heavy atom. The van der Waals surface area contributed by atoms with Crippen LogP contribution in [0.15, 0.2) is 18.2 Å². The number of ether oxygens (including phenoxy) is 2. The highest BCUT2D eigenvalue weighted by Crippen LogP contribution is 2.25. The van der Waals surface area contributed by atoms with Gasteiger partial charge in [-0.2, -0.15) is 0 Å². The van der Waals surface area contributed by atoms with Gasteiger partial charge in [0.05, 0.1) is 19.6 Å². The summed E-state index contributed by atoms with van der Waals surface area (Å²) in [5, 5.41) is 2.91. The minimum absolute atomic E-state index is 0.0413. The van der Waals surface area contributed by atoms with Gasteiger partial charge >= 0.3 is 0 Å². The molecule has 0 radical (unpaired) electrons. The Morgan fingerprint density at radius 2 is 2.05 bits per heavy atom. The highest BCUT2D eigenvalue weighted by Gasteiger charge is 2.29. The number of methoxy groups -OCH3 is 2. The van der Waals surface area contributed by atoms with Crippen LogP contribution in [0.25, 0.3) is 0 Å². The first-order valence-electron chi connectivity index (χ1n) is 6.70. The lowest BCUT2D eigenvalue weighted by atomic mass is 9.86. The zero-order valence-corrected chi connectivity index (χ0v) is 12.7. The van der Waals surface area contributed by atoms with Gasteiger partial charge in [0.1, 0.15) is 11.5 Å². The number of hydrogen-bond donors (Lipinski definition) is 2. The van der Waals surface area contributed by atoms with Crippen LogP contribution in [0.2, 0.25) is 0 Å². The highest BCUT2D eigenvalue weighted by atomic mass is 16.5. The molecule has 0 aliphatic heterocycles. The van der Waals surface area contributed by atoms with Crippen LogP contribution < -0.4 is 20.5 Å². The summed E-state index contributed by atoms with van der Waals surface area (Å²) in [6.45, 7) is 4.56. The van der Waals surface area contributed by atoms with Crippen molar-refractivity contribution in [1.82, 2.24) is 5.32 Å². The molecule has 0 fully saturated rings. The van der Waals surface area contributed by atoms with E-state index in [0.717, 1.165) is 11.3 Å². The lowest BCUT2D eigenvalue weighted by molar-refractivity contribution is -0.130. The van der Waals surface area contributed by atoms with Crippen molar-refractivity contribution >= 4 is 5.91 Å². The number of hydrogen-bond acceptors (Lipinski definition) is 4. The Hall–Kier alpha value is -1.75. The molecule has 20 heavy (non-hydrogen) atoms. The number of carbonyl (C=O) groups is 1. The summed E-state index contributed by atoms with van der Waals surface area (Å²) in [6.07, 6.45) is 0.703. The molecule has 1 amide bonds. The maximum Gasteiger partial charge on any atom is 0.227 e. The molecule has 0 saturated carbocycles. The number of amides is 1. The largest absolute Gasteiger partial charge is 0.497 e. The van der Waals surface area contributed by atoms with E-state index in [2.05, 4.69) is 5.32 Å². The van der Waals surface area contributed by atoms with Crippen LogP contribution >= 0.6 is 0 Å². The maximum absolute atomic E-state index is 12.2. The first-order valence-corrected chi connectivity index (χ1v) is 6.70. The summed E-state index contributed by atoms with van der Waals surface area (Å²) in [5.74, 6) is 1.37. The van der Waals surface area contributed by atoms with Crippen LogP contribution in [0.1, 0.15) is 25.8 Å². The van der Waals surface area contributed by atoms with Crippen molar-refractivity contribution in [3.05, 3.63) is 23.8 Å². The average Bonchev–Trinajstić information content (AvgIpc) is 2.51. The molecule has 5 heteroatoms. The predicted molar refractivity (Wildman–Crippen MR) is 78.8 cm³/mol. The Kier molecular flexibility index (Phi) is 5.82. The third kappa shape index (κ3) is 3.63. The Labute approximate surface area is 120 Å². The van der Waals surface area contributed by atoms with Crippen LogP contribution in [-0.2, 0) is 11.3 Å². The minimum Gasteiger partial charge on any atom is -0.497 e. The molecule has 0 spiro atoms. The van der Waals surface area contributed by atoms with Crippen LogP contribution in [0.4, 0.5) is 0 Å². The van der Waals surface area contributed by atoms with Crippen LogP contribution in [0.5, 0.6) is 11.5 Å². The fourth-order valence-electron chi connectivity index (χ4n) is 1.78. The second kappa shape index (κ2) is 7.14. The van der Waals surface area contributed by atoms with Gasteiger partial charge in [0.15, 0.2) is 0 Å². The summed E-state index contributed by atoms with van der Waals surface area (Å²) in [7, 11) is 3.19. The van der Waals surface area contributed by atoms with E-state index in [9.17, 15) is 4.79 Å². The molecule has 5 nitrogen and oxygen atoms in total. The number of nitrogens with two attached hydrogens (primary N) is 1. The molecular weight excluding hydrogens is 256 g/mol. The van der Waals surface area contributed by atoms with Gasteiger partial charge in [0, 0.05) is 24.7 Å². The van der Waals surface area contributed by atoms with E-state index in [4.69, 9.17) is 15.2 Å². The molecule has 0 heterocycles. The highest BCUT2D eigenvalue weighted by molar-refractivity contribution is 5.82. The molecule has 1 aromatic rings. The van der Waals surface area contributed by atoms with E-state index >= 15 is 0 Å². The topological polar surface area (TPSA) is 73.6 Å². The normalized spacial score (nSPS) is 13.4. The number of benzene rings is 1. The third-order valence-electron chi connectivity index (χ3n) is 3.71. The second-order valence-corrected chi connectivity index (χ2v) is 4.98. The third-order valence-corrected chi connectivity index (χ3v) is 3.71. The van der Waals surface area contributed by atoms with Gasteiger partial charge in [-0.05, 0) is 25.5 Å². The monoisotopic (exact) mass is 280 g/mol. The number of rotatable bonds is 7. The number of nitrogens with one attached hydrogen (secondary N) is 1. The maximum atomic E-state index is 12.2. The molecule has 112 valence electrons. The van der Waals surface area contributed by atoms with Crippen molar-refractivity contribution in [3.8, 4) is 11.5 Å². The first kappa shape index (κ1) is 16.3. The minimum atomic E-state index is -0.528. The summed E-state index contributed by atoms with van der Waals surface area (Å²) in [6, 6.07) is 5.51. The molecule has 1 aromatic carbocycles. The standard InChI is InChI=1S/C15H24N2O3/c1-5-15(2,10-16)14(18)17-9-11-6-7-12(19-3)8-13(11)20-4/h6-8H,5,9-10,16H2,1-4H3,(H,17,18). The average molecular weight is 280 g/mol. The summed E-state index contributed by atoms with van der Waals surface area (Å²) in [5.41, 5.74) is 6.05. The Morgan fingerprint density at radius 3 is 2.55 bits per heavy atom. The SMILES string of the molecule is CCC(C)(CN)C(=O)NCc1ccc(OC)cc1OC. The van der Waals surface area contributed by atoms with Gasteiger partial charge in [-0.15, -0.1) is 0 Å². The summed E-state index contributed by atoms with van der Waals surface area (Å²) >= 11 is 0. The predicted octanol–water partition coefficient (Wildman–Crippen LogP) is 1.69. The molecular formula is C15H24N2O3. The fourth-order valence-corrected chi connectivity index (χ4v) is 1.78. The van der Waals surface area contributed by atoms with E-state index < -0.39 is 5.41 Å². The number of carbonyl (C=O) groups excluding carboxylic acids is 1. The van der Waals surface area contributed by atoms with Crippen molar-refractivity contribution in [1.29, 1.82) is 0 Å². The van der Waals surface area contributed by atoms with Crippen molar-refractivity contribution in [2.75, 3.05) is 20.8 Å². The molecule has 0 aliphatic rings. The lowest BCUT2D eigenvalue weighted by Crippen LogP contribution is -2.43. The summed E-state index contributed by atoms with van der Waals surface area (Å²) in [4.78, 5) is 12.2. The summed E-state index contributed by atoms with van der Waals surface area (Å²) < 4.78 is 10.4. The van der Waals surface area contributed by atoms with Crippen molar-refractivity contribution < 1.29 is 14.3 Å². The van der Waals surface area contributed by atoms with Crippen LogP contribution in [0.3, 0.4) is 0 Å². The van der Waals surface area contributed by atoms with Crippen molar-refractivity contribution in [2.45, 2.75) is 26.8 Å². The molecule has 0 aliphatic carbocycles.